The molecule has 0 radical (unpaired) electrons. The second kappa shape index (κ2) is 11.4. The first-order valence-corrected chi connectivity index (χ1v) is 2.54. The van der Waals surface area contributed by atoms with Crippen molar-refractivity contribution in [3.05, 3.63) is 5.32 Å². The van der Waals surface area contributed by atoms with Gasteiger partial charge >= 0.3 is 51.4 Å². The van der Waals surface area contributed by atoms with Gasteiger partial charge in [-0.2, -0.15) is 6.54 Å². The molecule has 0 atom stereocenters. The van der Waals surface area contributed by atoms with Gasteiger partial charge in [-0.3, -0.25) is 0 Å². The van der Waals surface area contributed by atoms with E-state index in [1.165, 1.54) is 0 Å². The van der Waals surface area contributed by atoms with E-state index in [0.717, 1.165) is 19.7 Å². The first-order chi connectivity index (χ1) is 3.41. The van der Waals surface area contributed by atoms with Gasteiger partial charge in [0.05, 0.1) is 0 Å². The monoisotopic (exact) mass is 141 g/mol. The second-order valence-electron chi connectivity index (χ2n) is 1.26. The molecule has 0 unspecified atom stereocenters. The van der Waals surface area contributed by atoms with E-state index in [1.54, 1.807) is 7.11 Å². The largest absolute Gasteiger partial charge is 1.00 e. The van der Waals surface area contributed by atoms with Crippen molar-refractivity contribution in [1.82, 2.24) is 0 Å². The van der Waals surface area contributed by atoms with Gasteiger partial charge in [0.25, 0.3) is 0 Å². The summed E-state index contributed by atoms with van der Waals surface area (Å²) in [5, 5.41) is 4.04. The van der Waals surface area contributed by atoms with E-state index in [0.29, 0.717) is 0 Å². The van der Waals surface area contributed by atoms with Crippen LogP contribution in [-0.4, -0.2) is 26.8 Å². The van der Waals surface area contributed by atoms with Gasteiger partial charge in [-0.05, 0) is 0 Å². The fourth-order valence-corrected chi connectivity index (χ4v) is 0.314. The average Bonchev–Trinajstić information content (AvgIpc) is 1.69. The van der Waals surface area contributed by atoms with Crippen molar-refractivity contribution < 1.29 is 56.1 Å². The minimum absolute atomic E-state index is 0. The molecule has 0 aromatic carbocycles. The summed E-state index contributed by atoms with van der Waals surface area (Å²) in [4.78, 5) is 0. The van der Waals surface area contributed by atoms with Gasteiger partial charge in [0.1, 0.15) is 0 Å². The van der Waals surface area contributed by atoms with Crippen LogP contribution in [0.15, 0.2) is 0 Å². The number of hydrogen-bond acceptors (Lipinski definition) is 1. The smallest absolute Gasteiger partial charge is 0.661 e. The summed E-state index contributed by atoms with van der Waals surface area (Å²) in [5.74, 6) is 0. The first-order valence-electron chi connectivity index (χ1n) is 2.54. The van der Waals surface area contributed by atoms with Crippen LogP contribution in [0.2, 0.25) is 0 Å². The summed E-state index contributed by atoms with van der Waals surface area (Å²) >= 11 is 0. The van der Waals surface area contributed by atoms with Gasteiger partial charge in [0.2, 0.25) is 0 Å². The zero-order chi connectivity index (χ0) is 5.54. The molecule has 8 heavy (non-hydrogen) atoms. The fourth-order valence-electron chi connectivity index (χ4n) is 0.314. The molecule has 0 N–H and O–H groups in total. The van der Waals surface area contributed by atoms with Crippen LogP contribution in [-0.2, 0) is 4.74 Å². The van der Waals surface area contributed by atoms with E-state index >= 15 is 0 Å². The van der Waals surface area contributed by atoms with Gasteiger partial charge in [0, 0.05) is 13.7 Å². The number of ether oxygens (including phenoxy) is 1. The Morgan fingerprint density at radius 3 is 2.50 bits per heavy atom. The number of rotatable bonds is 4. The molecular formula is C5H12KNO. The molecule has 44 valence electrons. The average molecular weight is 141 g/mol. The molecule has 0 spiro atoms. The summed E-state index contributed by atoms with van der Waals surface area (Å²) in [6, 6.07) is 0. The predicted octanol–water partition coefficient (Wildman–Crippen LogP) is -1.97. The van der Waals surface area contributed by atoms with Crippen LogP contribution in [0.3, 0.4) is 0 Å². The Bertz CT molecular complexity index is 31.6. The van der Waals surface area contributed by atoms with Crippen molar-refractivity contribution in [3.8, 4) is 0 Å². The predicted molar refractivity (Wildman–Crippen MR) is 30.6 cm³/mol. The maximum atomic E-state index is 4.75. The first kappa shape index (κ1) is 12.3. The number of nitrogens with zero attached hydrogens (tertiary/aromatic N) is 1. The summed E-state index contributed by atoms with van der Waals surface area (Å²) in [6.07, 6.45) is 0. The summed E-state index contributed by atoms with van der Waals surface area (Å²) < 4.78 is 4.75. The molecule has 0 aromatic heterocycles. The molecule has 0 amide bonds. The van der Waals surface area contributed by atoms with Gasteiger partial charge in [-0.15, -0.1) is 6.54 Å². The quantitative estimate of drug-likeness (QED) is 0.329. The van der Waals surface area contributed by atoms with Gasteiger partial charge in [0.15, 0.2) is 0 Å². The number of methoxy groups -OCH3 is 1. The molecule has 0 aliphatic carbocycles. The molecule has 0 fully saturated rings. The van der Waals surface area contributed by atoms with Crippen molar-refractivity contribution >= 4 is 0 Å². The summed E-state index contributed by atoms with van der Waals surface area (Å²) in [6.45, 7) is 4.53. The van der Waals surface area contributed by atoms with Crippen LogP contribution < -0.4 is 51.4 Å². The van der Waals surface area contributed by atoms with Gasteiger partial charge < -0.3 is 10.1 Å². The third-order valence-corrected chi connectivity index (χ3v) is 0.677. The van der Waals surface area contributed by atoms with Crippen LogP contribution in [0.5, 0.6) is 0 Å². The van der Waals surface area contributed by atoms with E-state index in [4.69, 9.17) is 4.74 Å². The Hall–Kier alpha value is 1.56. The Labute approximate surface area is 93.8 Å². The van der Waals surface area contributed by atoms with Gasteiger partial charge in [-0.25, -0.2) is 0 Å². The van der Waals surface area contributed by atoms with E-state index in [1.807, 2.05) is 6.92 Å². The van der Waals surface area contributed by atoms with Crippen LogP contribution in [0.4, 0.5) is 0 Å². The van der Waals surface area contributed by atoms with E-state index in [2.05, 4.69) is 5.32 Å². The molecule has 0 rings (SSSR count). The minimum atomic E-state index is 0. The molecule has 0 heterocycles. The molecule has 2 nitrogen and oxygen atoms in total. The molecular weight excluding hydrogens is 129 g/mol. The maximum absolute atomic E-state index is 4.75. The number of likely N-dealkylation sites (N-methyl/N-ethyl adjacent to an activating group) is 1. The van der Waals surface area contributed by atoms with E-state index in [-0.39, 0.29) is 51.4 Å². The van der Waals surface area contributed by atoms with Gasteiger partial charge in [-0.1, -0.05) is 6.92 Å². The molecule has 0 aliphatic rings. The standard InChI is InChI=1S/C5H12NO.K/c1-3-6-4-5-7-2;/h3-5H2,1-2H3;/q-1;+1. The number of hydrogen-bond donors (Lipinski definition) is 0. The van der Waals surface area contributed by atoms with Crippen LogP contribution in [0.1, 0.15) is 6.92 Å². The molecule has 0 aliphatic heterocycles. The summed E-state index contributed by atoms with van der Waals surface area (Å²) in [5.41, 5.74) is 0. The summed E-state index contributed by atoms with van der Waals surface area (Å²) in [7, 11) is 1.69. The fraction of sp³-hybridized carbons (Fsp3) is 1.00. The molecule has 0 aromatic rings. The third kappa shape index (κ3) is 10.5. The molecule has 0 bridgehead atoms. The van der Waals surface area contributed by atoms with Crippen molar-refractivity contribution in [2.75, 3.05) is 26.8 Å². The maximum Gasteiger partial charge on any atom is 1.00 e. The van der Waals surface area contributed by atoms with E-state index in [9.17, 15) is 0 Å². The van der Waals surface area contributed by atoms with Crippen LogP contribution in [0, 0.1) is 0 Å². The van der Waals surface area contributed by atoms with Crippen molar-refractivity contribution in [2.24, 2.45) is 0 Å². The molecule has 0 saturated heterocycles. The Balaban J connectivity index is 0. The Morgan fingerprint density at radius 2 is 2.12 bits per heavy atom. The third-order valence-electron chi connectivity index (χ3n) is 0.677. The minimum Gasteiger partial charge on any atom is -0.661 e. The zero-order valence-electron chi connectivity index (χ0n) is 5.98. The van der Waals surface area contributed by atoms with Crippen molar-refractivity contribution in [2.45, 2.75) is 6.92 Å². The van der Waals surface area contributed by atoms with Crippen LogP contribution in [0.25, 0.3) is 5.32 Å². The van der Waals surface area contributed by atoms with Crippen molar-refractivity contribution in [1.29, 1.82) is 0 Å². The molecule has 0 saturated carbocycles. The van der Waals surface area contributed by atoms with Crippen LogP contribution >= 0.6 is 0 Å². The zero-order valence-corrected chi connectivity index (χ0v) is 9.10. The second-order valence-corrected chi connectivity index (χ2v) is 1.26. The topological polar surface area (TPSA) is 23.3 Å². The van der Waals surface area contributed by atoms with E-state index < -0.39 is 0 Å². The Morgan fingerprint density at radius 1 is 1.50 bits per heavy atom. The molecule has 3 heteroatoms. The van der Waals surface area contributed by atoms with Crippen molar-refractivity contribution in [3.63, 3.8) is 0 Å². The Kier molecular flexibility index (Phi) is 17.4. The SMILES string of the molecule is CC[N-]CCOC.[K+]. The normalized spacial score (nSPS) is 8.25.